The smallest absolute Gasteiger partial charge is 0.114 e. The average Bonchev–Trinajstić information content (AvgIpc) is 4.10. The number of benzene rings is 5. The first-order valence-electron chi connectivity index (χ1n) is 19.1. The summed E-state index contributed by atoms with van der Waals surface area (Å²) in [7, 11) is 0. The number of rotatable bonds is 7. The number of hydrogen-bond donors (Lipinski definition) is 4. The van der Waals surface area contributed by atoms with E-state index in [1.165, 1.54) is 0 Å². The largest absolute Gasteiger partial charge is 0.399 e. The van der Waals surface area contributed by atoms with Crippen molar-refractivity contribution in [3.63, 3.8) is 0 Å². The molecule has 0 spiro atoms. The minimum atomic E-state index is -0.633. The van der Waals surface area contributed by atoms with Gasteiger partial charge in [0.05, 0.1) is 22.8 Å². The molecule has 0 aliphatic carbocycles. The van der Waals surface area contributed by atoms with Crippen LogP contribution < -0.4 is 11.1 Å². The zero-order valence-electron chi connectivity index (χ0n) is 31.0. The molecular formula is C51H38N6. The van der Waals surface area contributed by atoms with E-state index in [-0.39, 0.29) is 0 Å². The molecule has 0 saturated carbocycles. The van der Waals surface area contributed by atoms with Crippen molar-refractivity contribution in [3.8, 4) is 22.3 Å². The second-order valence-corrected chi connectivity index (χ2v) is 14.4. The van der Waals surface area contributed by atoms with E-state index in [4.69, 9.17) is 15.7 Å². The summed E-state index contributed by atoms with van der Waals surface area (Å²) in [5.74, 6) is 0. The van der Waals surface area contributed by atoms with E-state index < -0.39 is 5.54 Å². The Morgan fingerprint density at radius 1 is 0.439 bits per heavy atom. The van der Waals surface area contributed by atoms with E-state index in [2.05, 4.69) is 191 Å². The fourth-order valence-electron chi connectivity index (χ4n) is 8.05. The second kappa shape index (κ2) is 14.2. The Labute approximate surface area is 330 Å². The highest BCUT2D eigenvalue weighted by Crippen LogP contribution is 2.41. The molecule has 57 heavy (non-hydrogen) atoms. The number of aromatic nitrogens is 4. The van der Waals surface area contributed by atoms with Gasteiger partial charge in [0, 0.05) is 44.6 Å². The predicted octanol–water partition coefficient (Wildman–Crippen LogP) is 12.0. The first-order chi connectivity index (χ1) is 28.1. The molecule has 0 saturated heterocycles. The van der Waals surface area contributed by atoms with Crippen LogP contribution in [0.5, 0.6) is 0 Å². The maximum Gasteiger partial charge on any atom is 0.114 e. The van der Waals surface area contributed by atoms with Crippen LogP contribution in [0.15, 0.2) is 176 Å². The van der Waals surface area contributed by atoms with Crippen molar-refractivity contribution in [2.24, 2.45) is 0 Å². The van der Waals surface area contributed by atoms with Crippen LogP contribution in [0.4, 0.5) is 11.4 Å². The monoisotopic (exact) mass is 734 g/mol. The fraction of sp³-hybridized carbons (Fsp3) is 0.0196. The summed E-state index contributed by atoms with van der Waals surface area (Å²) in [6, 6.07) is 61.3. The van der Waals surface area contributed by atoms with E-state index in [1.54, 1.807) is 0 Å². The Morgan fingerprint density at radius 3 is 1.35 bits per heavy atom. The van der Waals surface area contributed by atoms with Crippen LogP contribution in [-0.4, -0.2) is 19.9 Å². The molecule has 0 amide bonds. The summed E-state index contributed by atoms with van der Waals surface area (Å²) in [6.45, 7) is 0. The molecule has 5 aromatic carbocycles. The van der Waals surface area contributed by atoms with Crippen molar-refractivity contribution in [3.05, 3.63) is 215 Å². The molecule has 0 atom stereocenters. The number of hydrogen-bond acceptors (Lipinski definition) is 4. The van der Waals surface area contributed by atoms with Gasteiger partial charge in [-0.05, 0) is 113 Å². The Balaban J connectivity index is 1.12. The summed E-state index contributed by atoms with van der Waals surface area (Å²) in [5.41, 5.74) is 22.0. The molecule has 2 aliphatic rings. The van der Waals surface area contributed by atoms with Crippen LogP contribution in [0, 0.1) is 0 Å². The Bertz CT molecular complexity index is 2770. The molecule has 8 aromatic rings. The number of nitrogen functional groups attached to an aromatic ring is 1. The van der Waals surface area contributed by atoms with E-state index in [9.17, 15) is 0 Å². The molecule has 272 valence electrons. The van der Waals surface area contributed by atoms with Gasteiger partial charge in [0.1, 0.15) is 5.54 Å². The third-order valence-corrected chi connectivity index (χ3v) is 10.7. The maximum atomic E-state index is 6.05. The molecule has 10 rings (SSSR count). The summed E-state index contributed by atoms with van der Waals surface area (Å²) in [6.07, 6.45) is 8.22. The summed E-state index contributed by atoms with van der Waals surface area (Å²) >= 11 is 0. The van der Waals surface area contributed by atoms with Gasteiger partial charge in [0.25, 0.3) is 0 Å². The SMILES string of the molecule is Nc1ccc(-c2c3nc(cc4ccc([nH]4)c(-c4ccc(NC(c5ccccc5)(c5ccccc5)c5ccccc5)cc4)c4ccc(cc5nc2C=C5)[nH]4)C=C3)cc1. The van der Waals surface area contributed by atoms with Gasteiger partial charge in [-0.1, -0.05) is 115 Å². The van der Waals surface area contributed by atoms with Crippen LogP contribution in [0.3, 0.4) is 0 Å². The van der Waals surface area contributed by atoms with Gasteiger partial charge in [0.15, 0.2) is 0 Å². The fourth-order valence-corrected chi connectivity index (χ4v) is 8.05. The minimum absolute atomic E-state index is 0.633. The van der Waals surface area contributed by atoms with Crippen LogP contribution in [0.1, 0.15) is 39.5 Å². The van der Waals surface area contributed by atoms with Gasteiger partial charge in [0.2, 0.25) is 0 Å². The normalized spacial score (nSPS) is 12.1. The van der Waals surface area contributed by atoms with Gasteiger partial charge in [-0.3, -0.25) is 0 Å². The molecule has 5 N–H and O–H groups in total. The van der Waals surface area contributed by atoms with Crippen molar-refractivity contribution in [2.75, 3.05) is 11.1 Å². The summed E-state index contributed by atoms with van der Waals surface area (Å²) < 4.78 is 0. The molecular weight excluding hydrogens is 697 g/mol. The second-order valence-electron chi connectivity index (χ2n) is 14.4. The van der Waals surface area contributed by atoms with Crippen molar-refractivity contribution in [2.45, 2.75) is 5.54 Å². The molecule has 2 aliphatic heterocycles. The highest BCUT2D eigenvalue weighted by Gasteiger charge is 2.36. The summed E-state index contributed by atoms with van der Waals surface area (Å²) in [5, 5.41) is 4.01. The first-order valence-corrected chi connectivity index (χ1v) is 19.1. The summed E-state index contributed by atoms with van der Waals surface area (Å²) in [4.78, 5) is 17.5. The molecule has 0 unspecified atom stereocenters. The minimum Gasteiger partial charge on any atom is -0.399 e. The zero-order valence-corrected chi connectivity index (χ0v) is 31.0. The topological polar surface area (TPSA) is 95.4 Å². The molecule has 0 radical (unpaired) electrons. The van der Waals surface area contributed by atoms with E-state index in [0.717, 1.165) is 89.5 Å². The van der Waals surface area contributed by atoms with E-state index >= 15 is 0 Å². The highest BCUT2D eigenvalue weighted by molar-refractivity contribution is 5.94. The van der Waals surface area contributed by atoms with Gasteiger partial charge in [-0.25, -0.2) is 9.97 Å². The zero-order chi connectivity index (χ0) is 38.2. The molecule has 6 heteroatoms. The number of H-pyrrole nitrogens is 2. The Kier molecular flexibility index (Phi) is 8.42. The van der Waals surface area contributed by atoms with Crippen molar-refractivity contribution < 1.29 is 0 Å². The van der Waals surface area contributed by atoms with Gasteiger partial charge >= 0.3 is 0 Å². The van der Waals surface area contributed by atoms with Gasteiger partial charge < -0.3 is 21.0 Å². The third-order valence-electron chi connectivity index (χ3n) is 10.7. The molecule has 6 nitrogen and oxygen atoms in total. The van der Waals surface area contributed by atoms with Gasteiger partial charge in [-0.15, -0.1) is 0 Å². The number of anilines is 2. The average molecular weight is 735 g/mol. The lowest BCUT2D eigenvalue weighted by Crippen LogP contribution is -2.38. The Morgan fingerprint density at radius 2 is 0.877 bits per heavy atom. The number of aromatic amines is 2. The quantitative estimate of drug-likeness (QED) is 0.0968. The number of fused-ring (bicyclic) bond motifs is 8. The molecule has 5 heterocycles. The van der Waals surface area contributed by atoms with Crippen LogP contribution >= 0.6 is 0 Å². The van der Waals surface area contributed by atoms with Crippen LogP contribution in [0.2, 0.25) is 0 Å². The lowest BCUT2D eigenvalue weighted by atomic mass is 9.76. The standard InChI is InChI=1S/C51H38N6/c52-39-20-16-34(17-21-39)49-45-28-24-41(53-45)32-43-26-30-47(55-43)50(48-31-27-44(56-48)33-42-25-29-46(49)54-42)35-18-22-40(23-19-35)57-51(36-10-4-1-5-11-36,37-12-6-2-7-13-37)38-14-8-3-9-15-38/h1-33,55-57H,52H2. The molecule has 0 fully saturated rings. The number of nitrogens with two attached hydrogens (primary N) is 1. The highest BCUT2D eigenvalue weighted by atomic mass is 15.0. The number of nitrogens with one attached hydrogen (secondary N) is 3. The first kappa shape index (κ1) is 33.8. The molecule has 8 bridgehead atoms. The van der Waals surface area contributed by atoms with Gasteiger partial charge in [-0.2, -0.15) is 0 Å². The number of nitrogens with zero attached hydrogens (tertiary/aromatic N) is 2. The lowest BCUT2D eigenvalue weighted by molar-refractivity contribution is 0.712. The molecule has 3 aromatic heterocycles. The maximum absolute atomic E-state index is 6.05. The predicted molar refractivity (Wildman–Crippen MR) is 237 cm³/mol. The van der Waals surface area contributed by atoms with Crippen molar-refractivity contribution >= 4 is 57.7 Å². The van der Waals surface area contributed by atoms with Crippen LogP contribution in [-0.2, 0) is 5.54 Å². The van der Waals surface area contributed by atoms with E-state index in [1.807, 2.05) is 24.3 Å². The van der Waals surface area contributed by atoms with Crippen LogP contribution in [0.25, 0.3) is 68.6 Å². The Hall–Kier alpha value is -7.70. The van der Waals surface area contributed by atoms with Crippen molar-refractivity contribution in [1.82, 2.24) is 19.9 Å². The third kappa shape index (κ3) is 6.39. The van der Waals surface area contributed by atoms with E-state index in [0.29, 0.717) is 5.69 Å². The van der Waals surface area contributed by atoms with Crippen molar-refractivity contribution in [1.29, 1.82) is 0 Å². The lowest BCUT2D eigenvalue weighted by Gasteiger charge is -2.38.